The average Bonchev–Trinajstić information content (AvgIpc) is 3.29. The summed E-state index contributed by atoms with van der Waals surface area (Å²) in [5, 5.41) is 2.99. The maximum atomic E-state index is 13.1. The number of alkyl halides is 3. The van der Waals surface area contributed by atoms with E-state index in [2.05, 4.69) is 32.1 Å². The average molecular weight is 494 g/mol. The van der Waals surface area contributed by atoms with Gasteiger partial charge < -0.3 is 15.2 Å². The summed E-state index contributed by atoms with van der Waals surface area (Å²) >= 11 is 0. The number of nitrogens with zero attached hydrogens (tertiary/aromatic N) is 3. The Kier molecular flexibility index (Phi) is 6.51. The third-order valence-corrected chi connectivity index (χ3v) is 6.39. The van der Waals surface area contributed by atoms with Gasteiger partial charge >= 0.3 is 6.18 Å². The van der Waals surface area contributed by atoms with Crippen LogP contribution in [0.3, 0.4) is 0 Å². The number of fused-ring (bicyclic) bond motifs is 1. The van der Waals surface area contributed by atoms with Gasteiger partial charge in [0.15, 0.2) is 0 Å². The number of carbonyl (C=O) groups excluding carboxylic acids is 1. The number of anilines is 1. The fraction of sp³-hybridized carbons (Fsp3) is 0.259. The minimum atomic E-state index is -4.41. The van der Waals surface area contributed by atoms with Gasteiger partial charge in [-0.3, -0.25) is 9.69 Å². The van der Waals surface area contributed by atoms with Crippen molar-refractivity contribution in [3.05, 3.63) is 72.3 Å². The van der Waals surface area contributed by atoms with Gasteiger partial charge in [0.25, 0.3) is 0 Å². The number of piperazine rings is 1. The van der Waals surface area contributed by atoms with E-state index in [0.717, 1.165) is 55.0 Å². The van der Waals surface area contributed by atoms with Gasteiger partial charge in [-0.2, -0.15) is 13.2 Å². The van der Waals surface area contributed by atoms with Gasteiger partial charge in [0.05, 0.1) is 23.1 Å². The molecule has 4 aromatic rings. The van der Waals surface area contributed by atoms with Crippen molar-refractivity contribution >= 4 is 22.6 Å². The molecule has 2 heterocycles. The number of rotatable bonds is 5. The number of likely N-dealkylation sites (N-methyl/N-ethyl adjacent to an activating group) is 1. The number of H-pyrrole nitrogens is 1. The van der Waals surface area contributed by atoms with Crippen molar-refractivity contribution in [1.82, 2.24) is 19.8 Å². The number of imidazole rings is 1. The largest absolute Gasteiger partial charge is 0.416 e. The standard InChI is InChI=1S/C27H26F3N5O/c1-34-10-12-35(13-11-34)17-25(36)31-22-7-3-5-19(15-22)18-4-2-6-20(14-18)26-32-23-9-8-21(27(28,29)30)16-24(23)33-26/h2-9,14-16H,10-13,17H2,1H3,(H,31,36)(H,32,33). The molecule has 186 valence electrons. The topological polar surface area (TPSA) is 64.3 Å². The molecule has 9 heteroatoms. The highest BCUT2D eigenvalue weighted by molar-refractivity contribution is 5.93. The van der Waals surface area contributed by atoms with Crippen molar-refractivity contribution in [3.63, 3.8) is 0 Å². The Balaban J connectivity index is 1.33. The number of carbonyl (C=O) groups is 1. The predicted molar refractivity (Wildman–Crippen MR) is 135 cm³/mol. The van der Waals surface area contributed by atoms with Crippen molar-refractivity contribution in [2.24, 2.45) is 0 Å². The second kappa shape index (κ2) is 9.75. The highest BCUT2D eigenvalue weighted by Gasteiger charge is 2.30. The number of halogens is 3. The van der Waals surface area contributed by atoms with Crippen LogP contribution in [0, 0.1) is 0 Å². The molecule has 5 rings (SSSR count). The third-order valence-electron chi connectivity index (χ3n) is 6.39. The number of hydrogen-bond acceptors (Lipinski definition) is 4. The van der Waals surface area contributed by atoms with Crippen LogP contribution in [0.5, 0.6) is 0 Å². The first-order chi connectivity index (χ1) is 17.2. The number of aromatic amines is 1. The van der Waals surface area contributed by atoms with Crippen LogP contribution in [0.1, 0.15) is 5.56 Å². The fourth-order valence-electron chi connectivity index (χ4n) is 4.35. The van der Waals surface area contributed by atoms with Gasteiger partial charge in [-0.05, 0) is 54.6 Å². The third kappa shape index (κ3) is 5.42. The van der Waals surface area contributed by atoms with E-state index >= 15 is 0 Å². The first-order valence-corrected chi connectivity index (χ1v) is 11.7. The van der Waals surface area contributed by atoms with Crippen molar-refractivity contribution in [3.8, 4) is 22.5 Å². The van der Waals surface area contributed by atoms with E-state index in [1.54, 1.807) is 0 Å². The van der Waals surface area contributed by atoms with Crippen LogP contribution < -0.4 is 5.32 Å². The van der Waals surface area contributed by atoms with E-state index in [1.807, 2.05) is 48.5 Å². The lowest BCUT2D eigenvalue weighted by atomic mass is 10.0. The summed E-state index contributed by atoms with van der Waals surface area (Å²) in [6.07, 6.45) is -4.41. The van der Waals surface area contributed by atoms with Crippen LogP contribution in [-0.2, 0) is 11.0 Å². The molecule has 3 aromatic carbocycles. The molecule has 36 heavy (non-hydrogen) atoms. The molecule has 0 aliphatic carbocycles. The molecule has 1 saturated heterocycles. The van der Waals surface area contributed by atoms with E-state index in [9.17, 15) is 18.0 Å². The van der Waals surface area contributed by atoms with E-state index in [1.165, 1.54) is 6.07 Å². The number of hydrogen-bond donors (Lipinski definition) is 2. The van der Waals surface area contributed by atoms with Gasteiger partial charge in [0.2, 0.25) is 5.91 Å². The Bertz CT molecular complexity index is 1390. The molecule has 0 atom stereocenters. The molecular formula is C27H26F3N5O. The maximum Gasteiger partial charge on any atom is 0.416 e. The summed E-state index contributed by atoms with van der Waals surface area (Å²) in [6, 6.07) is 18.7. The normalized spacial score (nSPS) is 15.3. The van der Waals surface area contributed by atoms with Gasteiger partial charge in [0.1, 0.15) is 5.82 Å². The summed E-state index contributed by atoms with van der Waals surface area (Å²) in [5.74, 6) is 0.439. The number of amides is 1. The molecule has 6 nitrogen and oxygen atoms in total. The molecule has 1 fully saturated rings. The van der Waals surface area contributed by atoms with Crippen LogP contribution in [0.2, 0.25) is 0 Å². The van der Waals surface area contributed by atoms with Gasteiger partial charge in [-0.1, -0.05) is 30.3 Å². The lowest BCUT2D eigenvalue weighted by molar-refractivity contribution is -0.137. The molecule has 1 aromatic heterocycles. The van der Waals surface area contributed by atoms with E-state index in [-0.39, 0.29) is 5.91 Å². The number of nitrogens with one attached hydrogen (secondary N) is 2. The second-order valence-electron chi connectivity index (χ2n) is 9.10. The summed E-state index contributed by atoms with van der Waals surface area (Å²) in [7, 11) is 2.08. The van der Waals surface area contributed by atoms with Crippen molar-refractivity contribution in [2.75, 3.05) is 45.1 Å². The van der Waals surface area contributed by atoms with E-state index in [4.69, 9.17) is 0 Å². The fourth-order valence-corrected chi connectivity index (χ4v) is 4.35. The van der Waals surface area contributed by atoms with E-state index < -0.39 is 11.7 Å². The molecular weight excluding hydrogens is 467 g/mol. The molecule has 1 aliphatic rings. The molecule has 0 saturated carbocycles. The molecule has 1 amide bonds. The van der Waals surface area contributed by atoms with E-state index in [0.29, 0.717) is 29.1 Å². The zero-order valence-electron chi connectivity index (χ0n) is 19.8. The molecule has 1 aliphatic heterocycles. The Labute approximate surface area is 206 Å². The van der Waals surface area contributed by atoms with Gasteiger partial charge in [-0.25, -0.2) is 4.98 Å². The van der Waals surface area contributed by atoms with Crippen molar-refractivity contribution in [1.29, 1.82) is 0 Å². The van der Waals surface area contributed by atoms with Crippen LogP contribution in [0.4, 0.5) is 18.9 Å². The number of benzene rings is 3. The number of aromatic nitrogens is 2. The Hall–Kier alpha value is -3.69. The van der Waals surface area contributed by atoms with Crippen molar-refractivity contribution in [2.45, 2.75) is 6.18 Å². The summed E-state index contributed by atoms with van der Waals surface area (Å²) in [4.78, 5) is 24.4. The zero-order valence-corrected chi connectivity index (χ0v) is 19.8. The lowest BCUT2D eigenvalue weighted by Crippen LogP contribution is -2.47. The minimum Gasteiger partial charge on any atom is -0.338 e. The van der Waals surface area contributed by atoms with Gasteiger partial charge in [0, 0.05) is 37.4 Å². The Morgan fingerprint density at radius 1 is 0.944 bits per heavy atom. The SMILES string of the molecule is CN1CCN(CC(=O)Nc2cccc(-c3cccc(-c4nc5ccc(C(F)(F)F)cc5[nH]4)c3)c2)CC1. The molecule has 2 N–H and O–H groups in total. The Morgan fingerprint density at radius 3 is 2.39 bits per heavy atom. The lowest BCUT2D eigenvalue weighted by Gasteiger charge is -2.31. The highest BCUT2D eigenvalue weighted by Crippen LogP contribution is 2.32. The van der Waals surface area contributed by atoms with Crippen molar-refractivity contribution < 1.29 is 18.0 Å². The second-order valence-corrected chi connectivity index (χ2v) is 9.10. The first-order valence-electron chi connectivity index (χ1n) is 11.7. The van der Waals surface area contributed by atoms with Crippen LogP contribution in [0.25, 0.3) is 33.5 Å². The first kappa shape index (κ1) is 24.0. The summed E-state index contributed by atoms with van der Waals surface area (Å²) < 4.78 is 39.2. The van der Waals surface area contributed by atoms with Crippen LogP contribution >= 0.6 is 0 Å². The molecule has 0 unspecified atom stereocenters. The van der Waals surface area contributed by atoms with Gasteiger partial charge in [-0.15, -0.1) is 0 Å². The monoisotopic (exact) mass is 493 g/mol. The predicted octanol–water partition coefficient (Wildman–Crippen LogP) is 5.10. The minimum absolute atomic E-state index is 0.0500. The molecule has 0 bridgehead atoms. The Morgan fingerprint density at radius 2 is 1.64 bits per heavy atom. The van der Waals surface area contributed by atoms with Crippen LogP contribution in [0.15, 0.2) is 66.7 Å². The zero-order chi connectivity index (χ0) is 25.3. The summed E-state index contributed by atoms with van der Waals surface area (Å²) in [5.41, 5.74) is 3.35. The maximum absolute atomic E-state index is 13.1. The smallest absolute Gasteiger partial charge is 0.338 e. The molecule has 0 spiro atoms. The molecule has 0 radical (unpaired) electrons. The van der Waals surface area contributed by atoms with Crippen LogP contribution in [-0.4, -0.2) is 65.4 Å². The summed E-state index contributed by atoms with van der Waals surface area (Å²) in [6.45, 7) is 4.00. The quantitative estimate of drug-likeness (QED) is 0.406. The highest BCUT2D eigenvalue weighted by atomic mass is 19.4.